The van der Waals surface area contributed by atoms with E-state index in [0.29, 0.717) is 0 Å². The molecule has 26 heavy (non-hydrogen) atoms. The van der Waals surface area contributed by atoms with Crippen LogP contribution in [-0.4, -0.2) is 48.9 Å². The summed E-state index contributed by atoms with van der Waals surface area (Å²) in [5, 5.41) is 2.93. The maximum absolute atomic E-state index is 11.1. The van der Waals surface area contributed by atoms with Crippen molar-refractivity contribution in [3.8, 4) is 0 Å². The number of quaternary nitrogens is 1. The second-order valence-electron chi connectivity index (χ2n) is 7.71. The van der Waals surface area contributed by atoms with Crippen LogP contribution in [0.1, 0.15) is 85.0 Å². The number of carbonyl (C=O) groups is 1. The van der Waals surface area contributed by atoms with E-state index < -0.39 is 0 Å². The number of carbonyl (C=O) groups excluding carboxylic acids is 1. The average Bonchev–Trinajstić information content (AvgIpc) is 3.02. The number of nitrogens with zero attached hydrogens (tertiary/aromatic N) is 2. The Labute approximate surface area is 161 Å². The summed E-state index contributed by atoms with van der Waals surface area (Å²) in [6.45, 7) is 9.79. The molecule has 0 radical (unpaired) electrons. The van der Waals surface area contributed by atoms with Gasteiger partial charge in [0.2, 0.25) is 12.1 Å². The van der Waals surface area contributed by atoms with E-state index in [-0.39, 0.29) is 12.1 Å². The summed E-state index contributed by atoms with van der Waals surface area (Å²) in [7, 11) is 0. The highest BCUT2D eigenvalue weighted by Gasteiger charge is 2.35. The molecule has 1 amide bonds. The summed E-state index contributed by atoms with van der Waals surface area (Å²) in [6, 6.07) is 0. The van der Waals surface area contributed by atoms with Gasteiger partial charge in [0.25, 0.3) is 0 Å². The first-order valence-electron chi connectivity index (χ1n) is 10.9. The van der Waals surface area contributed by atoms with Gasteiger partial charge in [0.15, 0.2) is 0 Å². The van der Waals surface area contributed by atoms with E-state index in [9.17, 15) is 4.79 Å². The molecule has 1 N–H and O–H groups in total. The standard InChI is InChI=1S/C22H41N3O/c1-4-6-7-8-9-10-11-12-13-14-15-16-22-24-18-20-25(22,5-2)19-17-23-21(3)26/h15-16,18,22H,4-14,17,19-20H2,1-3H3/p+1/b16-15+. The highest BCUT2D eigenvalue weighted by molar-refractivity contribution is 5.72. The first kappa shape index (κ1) is 22.9. The first-order chi connectivity index (χ1) is 12.6. The molecule has 0 spiro atoms. The van der Waals surface area contributed by atoms with Gasteiger partial charge >= 0.3 is 0 Å². The maximum Gasteiger partial charge on any atom is 0.217 e. The van der Waals surface area contributed by atoms with Crippen molar-refractivity contribution in [2.75, 3.05) is 26.2 Å². The molecule has 4 nitrogen and oxygen atoms in total. The van der Waals surface area contributed by atoms with Crippen LogP contribution < -0.4 is 5.32 Å². The number of nitrogens with one attached hydrogen (secondary N) is 1. The Morgan fingerprint density at radius 2 is 1.77 bits per heavy atom. The number of unbranched alkanes of at least 4 members (excludes halogenated alkanes) is 9. The fraction of sp³-hybridized carbons (Fsp3) is 0.818. The highest BCUT2D eigenvalue weighted by atomic mass is 16.1. The SMILES string of the molecule is CCCCCCCCCCC/C=C/C1N=CC[N+]1(CC)CCNC(C)=O. The minimum absolute atomic E-state index is 0.0526. The molecule has 2 unspecified atom stereocenters. The van der Waals surface area contributed by atoms with Gasteiger partial charge in [-0.05, 0) is 25.8 Å². The normalized spacial score (nSPS) is 22.3. The highest BCUT2D eigenvalue weighted by Crippen LogP contribution is 2.20. The van der Waals surface area contributed by atoms with Crippen molar-refractivity contribution in [1.82, 2.24) is 5.32 Å². The molecule has 0 saturated carbocycles. The van der Waals surface area contributed by atoms with Gasteiger partial charge in [-0.15, -0.1) is 0 Å². The van der Waals surface area contributed by atoms with Gasteiger partial charge in [-0.1, -0.05) is 64.4 Å². The van der Waals surface area contributed by atoms with Crippen LogP contribution in [0, 0.1) is 0 Å². The lowest BCUT2D eigenvalue weighted by molar-refractivity contribution is -0.928. The number of allylic oxidation sites excluding steroid dienone is 1. The van der Waals surface area contributed by atoms with Gasteiger partial charge in [0.1, 0.15) is 6.54 Å². The van der Waals surface area contributed by atoms with Crippen LogP contribution in [0.4, 0.5) is 0 Å². The molecule has 1 heterocycles. The monoisotopic (exact) mass is 364 g/mol. The quantitative estimate of drug-likeness (QED) is 0.252. The molecule has 0 aromatic heterocycles. The number of rotatable bonds is 15. The van der Waals surface area contributed by atoms with Gasteiger partial charge < -0.3 is 5.32 Å². The summed E-state index contributed by atoms with van der Waals surface area (Å²) in [5.74, 6) is 0.0526. The maximum atomic E-state index is 11.1. The van der Waals surface area contributed by atoms with E-state index in [4.69, 9.17) is 0 Å². The largest absolute Gasteiger partial charge is 0.351 e. The third-order valence-corrected chi connectivity index (χ3v) is 5.61. The summed E-state index contributed by atoms with van der Waals surface area (Å²) >= 11 is 0. The molecule has 0 bridgehead atoms. The zero-order chi connectivity index (χ0) is 19.1. The van der Waals surface area contributed by atoms with E-state index >= 15 is 0 Å². The van der Waals surface area contributed by atoms with Crippen molar-refractivity contribution in [2.45, 2.75) is 91.1 Å². The second-order valence-corrected chi connectivity index (χ2v) is 7.71. The van der Waals surface area contributed by atoms with E-state index in [1.54, 1.807) is 6.92 Å². The lowest BCUT2D eigenvalue weighted by Gasteiger charge is -2.36. The number of likely N-dealkylation sites (N-methyl/N-ethyl adjacent to an activating group) is 1. The zero-order valence-corrected chi connectivity index (χ0v) is 17.5. The predicted octanol–water partition coefficient (Wildman–Crippen LogP) is 4.85. The number of hydrogen-bond donors (Lipinski definition) is 1. The molecule has 4 heteroatoms. The lowest BCUT2D eigenvalue weighted by Crippen LogP contribution is -2.54. The average molecular weight is 365 g/mol. The molecular formula is C22H42N3O+. The van der Waals surface area contributed by atoms with Crippen LogP contribution in [0.3, 0.4) is 0 Å². The van der Waals surface area contributed by atoms with Crippen LogP contribution in [0.25, 0.3) is 0 Å². The first-order valence-corrected chi connectivity index (χ1v) is 10.9. The van der Waals surface area contributed by atoms with Gasteiger partial charge in [0, 0.05) is 6.92 Å². The minimum Gasteiger partial charge on any atom is -0.351 e. The van der Waals surface area contributed by atoms with Gasteiger partial charge in [0.05, 0.1) is 25.8 Å². The van der Waals surface area contributed by atoms with E-state index in [1.165, 1.54) is 57.8 Å². The summed E-state index contributed by atoms with van der Waals surface area (Å²) in [4.78, 5) is 15.8. The molecule has 0 aromatic carbocycles. The molecule has 0 saturated heterocycles. The Morgan fingerprint density at radius 1 is 1.12 bits per heavy atom. The molecule has 1 aliphatic heterocycles. The fourth-order valence-corrected chi connectivity index (χ4v) is 3.74. The summed E-state index contributed by atoms with van der Waals surface area (Å²) < 4.78 is 0.939. The molecular weight excluding hydrogens is 322 g/mol. The Balaban J connectivity index is 2.18. The van der Waals surface area contributed by atoms with Crippen LogP contribution >= 0.6 is 0 Å². The third-order valence-electron chi connectivity index (χ3n) is 5.61. The molecule has 150 valence electrons. The lowest BCUT2D eigenvalue weighted by atomic mass is 10.1. The van der Waals surface area contributed by atoms with Crippen molar-refractivity contribution < 1.29 is 9.28 Å². The van der Waals surface area contributed by atoms with Crippen LogP contribution in [0.5, 0.6) is 0 Å². The van der Waals surface area contributed by atoms with Crippen LogP contribution in [0.2, 0.25) is 0 Å². The molecule has 1 aliphatic rings. The second kappa shape index (κ2) is 14.0. The zero-order valence-electron chi connectivity index (χ0n) is 17.5. The topological polar surface area (TPSA) is 41.5 Å². The van der Waals surface area contributed by atoms with Crippen LogP contribution in [-0.2, 0) is 4.79 Å². The van der Waals surface area contributed by atoms with E-state index in [0.717, 1.165) is 37.1 Å². The number of aliphatic imine (C=N–C) groups is 1. The van der Waals surface area contributed by atoms with E-state index in [1.807, 2.05) is 0 Å². The predicted molar refractivity (Wildman–Crippen MR) is 112 cm³/mol. The van der Waals surface area contributed by atoms with Crippen molar-refractivity contribution in [2.24, 2.45) is 4.99 Å². The molecule has 0 aromatic rings. The smallest absolute Gasteiger partial charge is 0.217 e. The summed E-state index contributed by atoms with van der Waals surface area (Å²) in [6.07, 6.45) is 20.5. The Kier molecular flexibility index (Phi) is 12.3. The fourth-order valence-electron chi connectivity index (χ4n) is 3.74. The van der Waals surface area contributed by atoms with E-state index in [2.05, 4.69) is 42.5 Å². The van der Waals surface area contributed by atoms with Crippen molar-refractivity contribution >= 4 is 12.1 Å². The van der Waals surface area contributed by atoms with Gasteiger partial charge in [-0.25, -0.2) is 4.99 Å². The molecule has 2 atom stereocenters. The van der Waals surface area contributed by atoms with Gasteiger partial charge in [-0.3, -0.25) is 9.28 Å². The van der Waals surface area contributed by atoms with Crippen molar-refractivity contribution in [3.05, 3.63) is 12.2 Å². The Morgan fingerprint density at radius 3 is 2.38 bits per heavy atom. The third kappa shape index (κ3) is 8.98. The Bertz CT molecular complexity index is 433. The van der Waals surface area contributed by atoms with Crippen molar-refractivity contribution in [1.29, 1.82) is 0 Å². The number of amides is 1. The van der Waals surface area contributed by atoms with Crippen molar-refractivity contribution in [3.63, 3.8) is 0 Å². The molecule has 0 aliphatic carbocycles. The Hall–Kier alpha value is -1.16. The van der Waals surface area contributed by atoms with Crippen LogP contribution in [0.15, 0.2) is 17.1 Å². The summed E-state index contributed by atoms with van der Waals surface area (Å²) in [5.41, 5.74) is 0. The van der Waals surface area contributed by atoms with Gasteiger partial charge in [-0.2, -0.15) is 0 Å². The minimum atomic E-state index is 0.0526. The molecule has 1 rings (SSSR count). The molecule has 0 fully saturated rings. The number of hydrogen-bond acceptors (Lipinski definition) is 2.